The number of nitrogens with zero attached hydrogens (tertiary/aromatic N) is 2. The Hall–Kier alpha value is -1.92. The van der Waals surface area contributed by atoms with Crippen LogP contribution in [0.25, 0.3) is 0 Å². The number of aliphatic hydroxyl groups excluding tert-OH is 1. The first kappa shape index (κ1) is 22.3. The molecule has 0 spiro atoms. The molecule has 170 valence electrons. The summed E-state index contributed by atoms with van der Waals surface area (Å²) in [6.07, 6.45) is 9.87. The predicted octanol–water partition coefficient (Wildman–Crippen LogP) is 2.90. The number of rotatable bonds is 9. The lowest BCUT2D eigenvalue weighted by molar-refractivity contribution is -0.133. The van der Waals surface area contributed by atoms with Crippen LogP contribution < -0.4 is 5.73 Å². The molecule has 2 amide bonds. The van der Waals surface area contributed by atoms with Crippen molar-refractivity contribution in [1.82, 2.24) is 9.80 Å². The van der Waals surface area contributed by atoms with Gasteiger partial charge in [0.15, 0.2) is 0 Å². The molecule has 4 rings (SSSR count). The number of hydrogen-bond acceptors (Lipinski definition) is 4. The average Bonchev–Trinajstić information content (AvgIpc) is 3.36. The van der Waals surface area contributed by atoms with Crippen LogP contribution in [0, 0.1) is 5.92 Å². The standard InChI is InChI=1S/C25H37N3O3/c26-25(31)20-7-3-6-19(14-20)21-15-22-8-9-23(16-21)28(22)12-11-27(24(30)10-13-29)17-18-4-1-2-5-18/h3,6-7,14,18,21-23,29H,1-2,4-5,8-13,15-17H2,(H2,26,31). The molecule has 6 nitrogen and oxygen atoms in total. The van der Waals surface area contributed by atoms with Crippen molar-refractivity contribution in [3.05, 3.63) is 35.4 Å². The molecule has 31 heavy (non-hydrogen) atoms. The highest BCUT2D eigenvalue weighted by Crippen LogP contribution is 2.43. The van der Waals surface area contributed by atoms with Crippen molar-refractivity contribution in [2.24, 2.45) is 11.7 Å². The number of aliphatic hydroxyl groups is 1. The van der Waals surface area contributed by atoms with Crippen molar-refractivity contribution in [1.29, 1.82) is 0 Å². The molecular weight excluding hydrogens is 390 g/mol. The number of carbonyl (C=O) groups excluding carboxylic acids is 2. The Morgan fingerprint density at radius 2 is 1.81 bits per heavy atom. The number of carbonyl (C=O) groups is 2. The van der Waals surface area contributed by atoms with Crippen LogP contribution in [0.15, 0.2) is 24.3 Å². The number of benzene rings is 1. The molecule has 1 saturated carbocycles. The smallest absolute Gasteiger partial charge is 0.248 e. The zero-order valence-electron chi connectivity index (χ0n) is 18.5. The molecule has 2 bridgehead atoms. The summed E-state index contributed by atoms with van der Waals surface area (Å²) in [5.41, 5.74) is 7.30. The van der Waals surface area contributed by atoms with E-state index >= 15 is 0 Å². The van der Waals surface area contributed by atoms with E-state index in [0.29, 0.717) is 29.5 Å². The molecule has 1 aromatic carbocycles. The summed E-state index contributed by atoms with van der Waals surface area (Å²) in [7, 11) is 0. The summed E-state index contributed by atoms with van der Waals surface area (Å²) in [4.78, 5) is 28.8. The lowest BCUT2D eigenvalue weighted by Gasteiger charge is -2.40. The van der Waals surface area contributed by atoms with E-state index in [4.69, 9.17) is 5.73 Å². The maximum Gasteiger partial charge on any atom is 0.248 e. The molecule has 3 fully saturated rings. The fraction of sp³-hybridized carbons (Fsp3) is 0.680. The first-order valence-electron chi connectivity index (χ1n) is 12.1. The van der Waals surface area contributed by atoms with Crippen LogP contribution in [0.3, 0.4) is 0 Å². The molecule has 6 heteroatoms. The molecule has 2 aliphatic heterocycles. The van der Waals surface area contributed by atoms with Gasteiger partial charge >= 0.3 is 0 Å². The molecule has 0 radical (unpaired) electrons. The lowest BCUT2D eigenvalue weighted by Crippen LogP contribution is -2.47. The van der Waals surface area contributed by atoms with E-state index in [9.17, 15) is 14.7 Å². The van der Waals surface area contributed by atoms with Crippen LogP contribution in [-0.2, 0) is 4.79 Å². The number of fused-ring (bicyclic) bond motifs is 2. The minimum atomic E-state index is -0.364. The fourth-order valence-electron chi connectivity index (χ4n) is 6.17. The SMILES string of the molecule is NC(=O)c1cccc(C2CC3CCC(C2)N3CCN(CC2CCCC2)C(=O)CCO)c1. The molecule has 0 aromatic heterocycles. The average molecular weight is 428 g/mol. The summed E-state index contributed by atoms with van der Waals surface area (Å²) in [6.45, 7) is 2.48. The van der Waals surface area contributed by atoms with Crippen molar-refractivity contribution in [2.75, 3.05) is 26.2 Å². The predicted molar refractivity (Wildman–Crippen MR) is 121 cm³/mol. The summed E-state index contributed by atoms with van der Waals surface area (Å²) < 4.78 is 0. The topological polar surface area (TPSA) is 86.9 Å². The van der Waals surface area contributed by atoms with Gasteiger partial charge in [0.1, 0.15) is 0 Å². The highest BCUT2D eigenvalue weighted by molar-refractivity contribution is 5.92. The second-order valence-corrected chi connectivity index (χ2v) is 9.74. The third-order valence-electron chi connectivity index (χ3n) is 7.79. The van der Waals surface area contributed by atoms with E-state index in [-0.39, 0.29) is 24.8 Å². The summed E-state index contributed by atoms with van der Waals surface area (Å²) in [5.74, 6) is 0.832. The number of hydrogen-bond donors (Lipinski definition) is 2. The minimum Gasteiger partial charge on any atom is -0.396 e. The maximum atomic E-state index is 12.6. The van der Waals surface area contributed by atoms with Gasteiger partial charge in [0.05, 0.1) is 6.61 Å². The Balaban J connectivity index is 1.37. The van der Waals surface area contributed by atoms with Crippen molar-refractivity contribution < 1.29 is 14.7 Å². The monoisotopic (exact) mass is 427 g/mol. The highest BCUT2D eigenvalue weighted by Gasteiger charge is 2.41. The van der Waals surface area contributed by atoms with Gasteiger partial charge in [0.2, 0.25) is 11.8 Å². The van der Waals surface area contributed by atoms with Crippen LogP contribution in [0.5, 0.6) is 0 Å². The molecule has 1 aliphatic carbocycles. The molecule has 2 heterocycles. The second kappa shape index (κ2) is 10.1. The minimum absolute atomic E-state index is 0.0684. The van der Waals surface area contributed by atoms with Gasteiger partial charge in [0.25, 0.3) is 0 Å². The maximum absolute atomic E-state index is 12.6. The van der Waals surface area contributed by atoms with Gasteiger partial charge in [-0.2, -0.15) is 0 Å². The molecule has 2 atom stereocenters. The van der Waals surface area contributed by atoms with Gasteiger partial charge in [-0.3, -0.25) is 14.5 Å². The second-order valence-electron chi connectivity index (χ2n) is 9.74. The van der Waals surface area contributed by atoms with Gasteiger partial charge in [-0.15, -0.1) is 0 Å². The van der Waals surface area contributed by atoms with Crippen LogP contribution in [-0.4, -0.2) is 65.0 Å². The zero-order chi connectivity index (χ0) is 21.8. The number of amides is 2. The van der Waals surface area contributed by atoms with Crippen molar-refractivity contribution in [3.63, 3.8) is 0 Å². The Morgan fingerprint density at radius 3 is 2.45 bits per heavy atom. The Labute approximate surface area is 185 Å². The van der Waals surface area contributed by atoms with E-state index in [1.165, 1.54) is 44.1 Å². The molecule has 1 aromatic rings. The molecule has 2 saturated heterocycles. The third-order valence-corrected chi connectivity index (χ3v) is 7.79. The molecule has 3 N–H and O–H groups in total. The van der Waals surface area contributed by atoms with Gasteiger partial charge < -0.3 is 15.7 Å². The highest BCUT2D eigenvalue weighted by atomic mass is 16.3. The Morgan fingerprint density at radius 1 is 1.10 bits per heavy atom. The molecule has 3 aliphatic rings. The van der Waals surface area contributed by atoms with Crippen LogP contribution in [0.2, 0.25) is 0 Å². The molecule has 2 unspecified atom stereocenters. The fourth-order valence-corrected chi connectivity index (χ4v) is 6.17. The van der Waals surface area contributed by atoms with E-state index in [2.05, 4.69) is 11.0 Å². The quantitative estimate of drug-likeness (QED) is 0.634. The van der Waals surface area contributed by atoms with Crippen LogP contribution >= 0.6 is 0 Å². The van der Waals surface area contributed by atoms with E-state index in [0.717, 1.165) is 32.5 Å². The van der Waals surface area contributed by atoms with Crippen molar-refractivity contribution in [3.8, 4) is 0 Å². The van der Waals surface area contributed by atoms with E-state index in [1.54, 1.807) is 6.07 Å². The van der Waals surface area contributed by atoms with Crippen LogP contribution in [0.1, 0.15) is 79.6 Å². The van der Waals surface area contributed by atoms with Gasteiger partial charge in [0, 0.05) is 43.7 Å². The summed E-state index contributed by atoms with van der Waals surface area (Å²) >= 11 is 0. The first-order chi connectivity index (χ1) is 15.0. The van der Waals surface area contributed by atoms with E-state index in [1.807, 2.05) is 17.0 Å². The van der Waals surface area contributed by atoms with Gasteiger partial charge in [-0.05, 0) is 68.1 Å². The van der Waals surface area contributed by atoms with Gasteiger partial charge in [-0.1, -0.05) is 25.0 Å². The Bertz CT molecular complexity index is 763. The largest absolute Gasteiger partial charge is 0.396 e. The Kier molecular flexibility index (Phi) is 7.28. The first-order valence-corrected chi connectivity index (χ1v) is 12.1. The third kappa shape index (κ3) is 5.29. The zero-order valence-corrected chi connectivity index (χ0v) is 18.5. The van der Waals surface area contributed by atoms with E-state index < -0.39 is 0 Å². The van der Waals surface area contributed by atoms with Crippen LogP contribution in [0.4, 0.5) is 0 Å². The number of piperidine rings is 1. The number of nitrogens with two attached hydrogens (primary N) is 1. The number of primary amides is 1. The lowest BCUT2D eigenvalue weighted by atomic mass is 9.84. The normalized spacial score (nSPS) is 26.3. The molecular formula is C25H37N3O3. The van der Waals surface area contributed by atoms with Crippen molar-refractivity contribution in [2.45, 2.75) is 75.8 Å². The van der Waals surface area contributed by atoms with Gasteiger partial charge in [-0.25, -0.2) is 0 Å². The summed E-state index contributed by atoms with van der Waals surface area (Å²) in [5, 5.41) is 9.26. The summed E-state index contributed by atoms with van der Waals surface area (Å²) in [6, 6.07) is 8.92. The van der Waals surface area contributed by atoms with Crippen molar-refractivity contribution >= 4 is 11.8 Å².